The van der Waals surface area contributed by atoms with Crippen LogP contribution in [0.25, 0.3) is 0 Å². The first-order chi connectivity index (χ1) is 6.15. The van der Waals surface area contributed by atoms with Crippen molar-refractivity contribution in [3.63, 3.8) is 0 Å². The lowest BCUT2D eigenvalue weighted by Gasteiger charge is -2.27. The Balaban J connectivity index is 2.55. The van der Waals surface area contributed by atoms with E-state index < -0.39 is 6.09 Å². The van der Waals surface area contributed by atoms with E-state index in [0.29, 0.717) is 25.3 Å². The zero-order valence-corrected chi connectivity index (χ0v) is 7.71. The van der Waals surface area contributed by atoms with Crippen molar-refractivity contribution in [2.24, 2.45) is 0 Å². The number of amides is 1. The van der Waals surface area contributed by atoms with Gasteiger partial charge in [0.15, 0.2) is 0 Å². The van der Waals surface area contributed by atoms with Crippen LogP contribution in [0.5, 0.6) is 0 Å². The summed E-state index contributed by atoms with van der Waals surface area (Å²) in [5.41, 5.74) is 0.537. The Morgan fingerprint density at radius 1 is 1.69 bits per heavy atom. The second-order valence-electron chi connectivity index (χ2n) is 2.88. The zero-order valence-electron chi connectivity index (χ0n) is 7.71. The smallest absolute Gasteiger partial charge is 0.414 e. The van der Waals surface area contributed by atoms with Crippen molar-refractivity contribution in [2.45, 2.75) is 19.8 Å². The topological polar surface area (TPSA) is 46.6 Å². The lowest BCUT2D eigenvalue weighted by atomic mass is 10.1. The molecule has 4 heteroatoms. The Hall–Kier alpha value is -1.32. The lowest BCUT2D eigenvalue weighted by Crippen LogP contribution is -2.36. The fourth-order valence-corrected chi connectivity index (χ4v) is 1.23. The molecule has 0 atom stereocenters. The summed E-state index contributed by atoms with van der Waals surface area (Å²) in [4.78, 5) is 23.6. The molecule has 0 aromatic heterocycles. The maximum absolute atomic E-state index is 11.2. The van der Waals surface area contributed by atoms with Gasteiger partial charge in [0.05, 0.1) is 6.61 Å². The number of ether oxygens (including phenoxy) is 1. The molecule has 0 N–H and O–H groups in total. The highest BCUT2D eigenvalue weighted by Crippen LogP contribution is 2.16. The average Bonchev–Trinajstić information content (AvgIpc) is 2.04. The number of carbonyl (C=O) groups excluding carboxylic acids is 2. The molecule has 0 aromatic carbocycles. The van der Waals surface area contributed by atoms with Crippen LogP contribution >= 0.6 is 0 Å². The van der Waals surface area contributed by atoms with Gasteiger partial charge in [0.1, 0.15) is 5.78 Å². The number of likely N-dealkylation sites (tertiary alicyclic amines) is 1. The van der Waals surface area contributed by atoms with Gasteiger partial charge in [0.2, 0.25) is 0 Å². The number of nitrogens with zero attached hydrogens (tertiary/aromatic N) is 1. The maximum atomic E-state index is 11.2. The summed E-state index contributed by atoms with van der Waals surface area (Å²) in [5.74, 6) is 0.130. The van der Waals surface area contributed by atoms with Gasteiger partial charge in [0.25, 0.3) is 0 Å². The summed E-state index contributed by atoms with van der Waals surface area (Å²) in [5, 5.41) is 0. The molecule has 1 fully saturated rings. The van der Waals surface area contributed by atoms with Gasteiger partial charge < -0.3 is 4.74 Å². The highest BCUT2D eigenvalue weighted by molar-refractivity contribution is 5.84. The molecule has 0 aliphatic carbocycles. The third-order valence-electron chi connectivity index (χ3n) is 1.89. The van der Waals surface area contributed by atoms with Crippen molar-refractivity contribution in [1.29, 1.82) is 0 Å². The second kappa shape index (κ2) is 4.07. The molecule has 4 nitrogen and oxygen atoms in total. The largest absolute Gasteiger partial charge is 0.449 e. The van der Waals surface area contributed by atoms with Gasteiger partial charge in [-0.25, -0.2) is 4.79 Å². The van der Waals surface area contributed by atoms with E-state index in [1.54, 1.807) is 6.92 Å². The molecule has 0 saturated carbocycles. The van der Waals surface area contributed by atoms with Crippen LogP contribution in [0.2, 0.25) is 0 Å². The monoisotopic (exact) mass is 183 g/mol. The summed E-state index contributed by atoms with van der Waals surface area (Å²) in [6, 6.07) is 0. The normalized spacial score (nSPS) is 17.5. The summed E-state index contributed by atoms with van der Waals surface area (Å²) >= 11 is 0. The van der Waals surface area contributed by atoms with E-state index in [2.05, 4.69) is 6.58 Å². The molecule has 72 valence electrons. The first kappa shape index (κ1) is 9.77. The van der Waals surface area contributed by atoms with Crippen LogP contribution < -0.4 is 0 Å². The number of hydrogen-bond donors (Lipinski definition) is 0. The average molecular weight is 183 g/mol. The number of rotatable bonds is 1. The van der Waals surface area contributed by atoms with Gasteiger partial charge in [-0.15, -0.1) is 0 Å². The Bertz CT molecular complexity index is 247. The minimum Gasteiger partial charge on any atom is -0.449 e. The highest BCUT2D eigenvalue weighted by Gasteiger charge is 2.24. The SMILES string of the molecule is C=C1CC(=O)CCN1C(=O)OCC. The van der Waals surface area contributed by atoms with E-state index in [1.807, 2.05) is 0 Å². The van der Waals surface area contributed by atoms with Gasteiger partial charge >= 0.3 is 6.09 Å². The van der Waals surface area contributed by atoms with Crippen LogP contribution in [0.15, 0.2) is 12.3 Å². The molecule has 1 aliphatic heterocycles. The van der Waals surface area contributed by atoms with Crippen LogP contribution in [0.4, 0.5) is 4.79 Å². The fraction of sp³-hybridized carbons (Fsp3) is 0.556. The van der Waals surface area contributed by atoms with Crippen molar-refractivity contribution in [1.82, 2.24) is 4.90 Å². The van der Waals surface area contributed by atoms with E-state index in [4.69, 9.17) is 4.74 Å². The van der Waals surface area contributed by atoms with Crippen molar-refractivity contribution in [2.75, 3.05) is 13.2 Å². The number of carbonyl (C=O) groups is 2. The second-order valence-corrected chi connectivity index (χ2v) is 2.88. The van der Waals surface area contributed by atoms with Crippen molar-refractivity contribution >= 4 is 11.9 Å². The van der Waals surface area contributed by atoms with Crippen LogP contribution in [0, 0.1) is 0 Å². The predicted octanol–water partition coefficient (Wildman–Crippen LogP) is 1.32. The molecule has 0 unspecified atom stereocenters. The zero-order chi connectivity index (χ0) is 9.84. The minimum absolute atomic E-state index is 0.130. The number of hydrogen-bond acceptors (Lipinski definition) is 3. The number of allylic oxidation sites excluding steroid dienone is 1. The highest BCUT2D eigenvalue weighted by atomic mass is 16.6. The lowest BCUT2D eigenvalue weighted by molar-refractivity contribution is -0.119. The summed E-state index contributed by atoms with van der Waals surface area (Å²) in [6.07, 6.45) is 0.261. The Labute approximate surface area is 77.2 Å². The van der Waals surface area contributed by atoms with E-state index in [0.717, 1.165) is 0 Å². The molecule has 0 spiro atoms. The molecule has 1 saturated heterocycles. The van der Waals surface area contributed by atoms with Gasteiger partial charge in [-0.05, 0) is 6.92 Å². The molecule has 13 heavy (non-hydrogen) atoms. The Morgan fingerprint density at radius 3 is 2.92 bits per heavy atom. The van der Waals surface area contributed by atoms with Crippen LogP contribution in [0.3, 0.4) is 0 Å². The molecule has 0 aromatic rings. The molecule has 0 radical (unpaired) electrons. The fourth-order valence-electron chi connectivity index (χ4n) is 1.23. The molecular weight excluding hydrogens is 170 g/mol. The molecule has 1 rings (SSSR count). The van der Waals surface area contributed by atoms with Crippen molar-refractivity contribution < 1.29 is 14.3 Å². The van der Waals surface area contributed by atoms with Gasteiger partial charge in [0, 0.05) is 25.1 Å². The van der Waals surface area contributed by atoms with Gasteiger partial charge in [-0.3, -0.25) is 9.69 Å². The van der Waals surface area contributed by atoms with Crippen LogP contribution in [0.1, 0.15) is 19.8 Å². The van der Waals surface area contributed by atoms with Gasteiger partial charge in [-0.2, -0.15) is 0 Å². The van der Waals surface area contributed by atoms with Crippen LogP contribution in [-0.4, -0.2) is 29.9 Å². The van der Waals surface area contributed by atoms with E-state index in [-0.39, 0.29) is 12.2 Å². The first-order valence-electron chi connectivity index (χ1n) is 4.29. The van der Waals surface area contributed by atoms with Gasteiger partial charge in [-0.1, -0.05) is 6.58 Å². The van der Waals surface area contributed by atoms with Crippen LogP contribution in [-0.2, 0) is 9.53 Å². The first-order valence-corrected chi connectivity index (χ1v) is 4.29. The molecular formula is C9H13NO3. The van der Waals surface area contributed by atoms with Crippen molar-refractivity contribution in [3.05, 3.63) is 12.3 Å². The third-order valence-corrected chi connectivity index (χ3v) is 1.89. The Kier molecular flexibility index (Phi) is 3.06. The quantitative estimate of drug-likeness (QED) is 0.616. The summed E-state index contributed by atoms with van der Waals surface area (Å²) in [6.45, 7) is 6.14. The standard InChI is InChI=1S/C9H13NO3/c1-3-13-9(12)10-5-4-8(11)6-7(10)2/h2-6H2,1H3. The number of piperidine rings is 1. The summed E-state index contributed by atoms with van der Waals surface area (Å²) < 4.78 is 4.80. The van der Waals surface area contributed by atoms with E-state index >= 15 is 0 Å². The molecule has 0 bridgehead atoms. The van der Waals surface area contributed by atoms with E-state index in [1.165, 1.54) is 4.90 Å². The van der Waals surface area contributed by atoms with Crippen molar-refractivity contribution in [3.8, 4) is 0 Å². The molecule has 1 amide bonds. The number of Topliss-reactive ketones (excluding diaryl/α,β-unsaturated/α-hetero) is 1. The minimum atomic E-state index is -0.403. The summed E-state index contributed by atoms with van der Waals surface area (Å²) in [7, 11) is 0. The van der Waals surface area contributed by atoms with E-state index in [9.17, 15) is 9.59 Å². The maximum Gasteiger partial charge on any atom is 0.414 e. The third kappa shape index (κ3) is 2.31. The predicted molar refractivity (Wildman–Crippen MR) is 47.1 cm³/mol. The number of ketones is 1. The molecule has 1 heterocycles. The molecule has 1 aliphatic rings. The Morgan fingerprint density at radius 2 is 2.38 bits per heavy atom.